The third kappa shape index (κ3) is 2.86. The number of benzene rings is 1. The topological polar surface area (TPSA) is 85.3 Å². The number of hydrogen-bond donors (Lipinski definition) is 2. The molecule has 0 atom stereocenters. The first kappa shape index (κ1) is 14.6. The van der Waals surface area contributed by atoms with E-state index in [-0.39, 0.29) is 11.4 Å². The van der Waals surface area contributed by atoms with Crippen LogP contribution >= 0.6 is 0 Å². The zero-order valence-corrected chi connectivity index (χ0v) is 12.5. The van der Waals surface area contributed by atoms with Crippen LogP contribution in [0.2, 0.25) is 0 Å². The molecule has 1 aromatic heterocycles. The molecule has 6 heteroatoms. The molecule has 2 rings (SSSR count). The van der Waals surface area contributed by atoms with Gasteiger partial charge in [0.15, 0.2) is 0 Å². The van der Waals surface area contributed by atoms with E-state index in [0.717, 1.165) is 11.1 Å². The zero-order valence-electron chi connectivity index (χ0n) is 11.7. The normalized spacial score (nSPS) is 11.6. The maximum absolute atomic E-state index is 12.4. The molecule has 0 spiro atoms. The maximum Gasteiger partial charge on any atom is 0.265 e. The molecule has 0 aliphatic rings. The summed E-state index contributed by atoms with van der Waals surface area (Å²) >= 11 is 0. The van der Waals surface area contributed by atoms with Gasteiger partial charge in [-0.1, -0.05) is 17.7 Å². The van der Waals surface area contributed by atoms with Crippen LogP contribution in [-0.2, 0) is 16.6 Å². The number of furan rings is 1. The van der Waals surface area contributed by atoms with Gasteiger partial charge in [0.1, 0.15) is 16.4 Å². The summed E-state index contributed by atoms with van der Waals surface area (Å²) in [5, 5.41) is 0. The van der Waals surface area contributed by atoms with Crippen LogP contribution in [0.1, 0.15) is 22.6 Å². The lowest BCUT2D eigenvalue weighted by atomic mass is 10.1. The SMILES string of the molecule is Cc1ccc(NS(=O)(=O)c2cc(CN)oc2C)c(C)c1. The third-order valence-electron chi connectivity index (χ3n) is 3.04. The summed E-state index contributed by atoms with van der Waals surface area (Å²) in [4.78, 5) is 0.123. The van der Waals surface area contributed by atoms with E-state index in [1.165, 1.54) is 6.07 Å². The summed E-state index contributed by atoms with van der Waals surface area (Å²) in [7, 11) is -3.67. The molecule has 0 saturated heterocycles. The smallest absolute Gasteiger partial charge is 0.265 e. The van der Waals surface area contributed by atoms with E-state index >= 15 is 0 Å². The van der Waals surface area contributed by atoms with Crippen molar-refractivity contribution in [3.63, 3.8) is 0 Å². The van der Waals surface area contributed by atoms with Crippen LogP contribution in [0.15, 0.2) is 33.6 Å². The molecule has 2 aromatic rings. The fraction of sp³-hybridized carbons (Fsp3) is 0.286. The van der Waals surface area contributed by atoms with Gasteiger partial charge in [-0.05, 0) is 32.4 Å². The molecule has 0 radical (unpaired) electrons. The predicted molar refractivity (Wildman–Crippen MR) is 78.1 cm³/mol. The Labute approximate surface area is 118 Å². The number of sulfonamides is 1. The number of anilines is 1. The minimum Gasteiger partial charge on any atom is -0.464 e. The predicted octanol–water partition coefficient (Wildman–Crippen LogP) is 2.46. The van der Waals surface area contributed by atoms with E-state index in [1.807, 2.05) is 26.0 Å². The minimum atomic E-state index is -3.67. The number of rotatable bonds is 4. The quantitative estimate of drug-likeness (QED) is 0.907. The second-order valence-corrected chi connectivity index (χ2v) is 6.41. The van der Waals surface area contributed by atoms with Crippen LogP contribution in [-0.4, -0.2) is 8.42 Å². The van der Waals surface area contributed by atoms with Gasteiger partial charge in [-0.3, -0.25) is 4.72 Å². The second kappa shape index (κ2) is 5.30. The van der Waals surface area contributed by atoms with Gasteiger partial charge in [0, 0.05) is 6.07 Å². The lowest BCUT2D eigenvalue weighted by Gasteiger charge is -2.10. The van der Waals surface area contributed by atoms with Crippen molar-refractivity contribution >= 4 is 15.7 Å². The van der Waals surface area contributed by atoms with Gasteiger partial charge in [-0.2, -0.15) is 0 Å². The lowest BCUT2D eigenvalue weighted by Crippen LogP contribution is -2.14. The van der Waals surface area contributed by atoms with E-state index < -0.39 is 10.0 Å². The molecule has 0 fully saturated rings. The largest absolute Gasteiger partial charge is 0.464 e. The fourth-order valence-corrected chi connectivity index (χ4v) is 3.35. The molecule has 1 heterocycles. The van der Waals surface area contributed by atoms with Crippen LogP contribution in [0.3, 0.4) is 0 Å². The van der Waals surface area contributed by atoms with Crippen molar-refractivity contribution in [1.82, 2.24) is 0 Å². The first-order valence-electron chi connectivity index (χ1n) is 6.23. The molecule has 1 aromatic carbocycles. The zero-order chi connectivity index (χ0) is 14.9. The van der Waals surface area contributed by atoms with Crippen LogP contribution in [0.4, 0.5) is 5.69 Å². The van der Waals surface area contributed by atoms with Crippen LogP contribution in [0.5, 0.6) is 0 Å². The molecule has 0 saturated carbocycles. The van der Waals surface area contributed by atoms with Crippen molar-refractivity contribution in [1.29, 1.82) is 0 Å². The Morgan fingerprint density at radius 1 is 1.20 bits per heavy atom. The monoisotopic (exact) mass is 294 g/mol. The highest BCUT2D eigenvalue weighted by Gasteiger charge is 2.21. The van der Waals surface area contributed by atoms with E-state index in [0.29, 0.717) is 17.2 Å². The Kier molecular flexibility index (Phi) is 3.87. The van der Waals surface area contributed by atoms with E-state index in [4.69, 9.17) is 10.2 Å². The van der Waals surface area contributed by atoms with Gasteiger partial charge < -0.3 is 10.2 Å². The van der Waals surface area contributed by atoms with Crippen LogP contribution in [0.25, 0.3) is 0 Å². The van der Waals surface area contributed by atoms with Crippen molar-refractivity contribution in [2.24, 2.45) is 5.73 Å². The average Bonchev–Trinajstić information content (AvgIpc) is 2.75. The summed E-state index contributed by atoms with van der Waals surface area (Å²) < 4.78 is 32.6. The van der Waals surface area contributed by atoms with Crippen molar-refractivity contribution in [3.05, 3.63) is 46.9 Å². The Balaban J connectivity index is 2.38. The molecule has 20 heavy (non-hydrogen) atoms. The maximum atomic E-state index is 12.4. The number of hydrogen-bond acceptors (Lipinski definition) is 4. The van der Waals surface area contributed by atoms with E-state index in [2.05, 4.69) is 4.72 Å². The highest BCUT2D eigenvalue weighted by molar-refractivity contribution is 7.92. The molecular weight excluding hydrogens is 276 g/mol. The molecule has 0 aliphatic carbocycles. The number of aryl methyl sites for hydroxylation is 3. The third-order valence-corrected chi connectivity index (χ3v) is 4.51. The van der Waals surface area contributed by atoms with Crippen molar-refractivity contribution < 1.29 is 12.8 Å². The average molecular weight is 294 g/mol. The van der Waals surface area contributed by atoms with Gasteiger partial charge in [-0.15, -0.1) is 0 Å². The minimum absolute atomic E-state index is 0.123. The van der Waals surface area contributed by atoms with Gasteiger partial charge in [0.25, 0.3) is 10.0 Å². The Hall–Kier alpha value is -1.79. The standard InChI is InChI=1S/C14H18N2O3S/c1-9-4-5-13(10(2)6-9)16-20(17,18)14-7-12(8-15)19-11(14)3/h4-7,16H,8,15H2,1-3H3. The van der Waals surface area contributed by atoms with Crippen molar-refractivity contribution in [3.8, 4) is 0 Å². The van der Waals surface area contributed by atoms with Gasteiger partial charge in [0.2, 0.25) is 0 Å². The molecule has 0 unspecified atom stereocenters. The van der Waals surface area contributed by atoms with Gasteiger partial charge >= 0.3 is 0 Å². The van der Waals surface area contributed by atoms with Crippen molar-refractivity contribution in [2.45, 2.75) is 32.2 Å². The Bertz CT molecular complexity index is 733. The molecule has 5 nitrogen and oxygen atoms in total. The Morgan fingerprint density at radius 2 is 1.90 bits per heavy atom. The fourth-order valence-electron chi connectivity index (χ4n) is 2.02. The summed E-state index contributed by atoms with van der Waals surface area (Å²) in [6, 6.07) is 6.99. The molecular formula is C14H18N2O3S. The molecule has 0 amide bonds. The summed E-state index contributed by atoms with van der Waals surface area (Å²) in [5.41, 5.74) is 7.97. The highest BCUT2D eigenvalue weighted by Crippen LogP contribution is 2.24. The molecule has 0 aliphatic heterocycles. The first-order chi connectivity index (χ1) is 9.33. The molecule has 3 N–H and O–H groups in total. The summed E-state index contributed by atoms with van der Waals surface area (Å²) in [6.07, 6.45) is 0. The Morgan fingerprint density at radius 3 is 2.45 bits per heavy atom. The van der Waals surface area contributed by atoms with E-state index in [9.17, 15) is 8.42 Å². The molecule has 0 bridgehead atoms. The van der Waals surface area contributed by atoms with Gasteiger partial charge in [-0.25, -0.2) is 8.42 Å². The van der Waals surface area contributed by atoms with Crippen molar-refractivity contribution in [2.75, 3.05) is 4.72 Å². The first-order valence-corrected chi connectivity index (χ1v) is 7.71. The summed E-state index contributed by atoms with van der Waals surface area (Å²) in [5.74, 6) is 0.784. The summed E-state index contributed by atoms with van der Waals surface area (Å²) in [6.45, 7) is 5.59. The van der Waals surface area contributed by atoms with Gasteiger partial charge in [0.05, 0.1) is 12.2 Å². The highest BCUT2D eigenvalue weighted by atomic mass is 32.2. The number of nitrogens with one attached hydrogen (secondary N) is 1. The molecule has 108 valence electrons. The van der Waals surface area contributed by atoms with Crippen LogP contribution in [0, 0.1) is 20.8 Å². The second-order valence-electron chi connectivity index (χ2n) is 4.76. The van der Waals surface area contributed by atoms with E-state index in [1.54, 1.807) is 13.0 Å². The van der Waals surface area contributed by atoms with Crippen LogP contribution < -0.4 is 10.5 Å². The number of nitrogens with two attached hydrogens (primary N) is 1. The lowest BCUT2D eigenvalue weighted by molar-refractivity contribution is 0.479.